The van der Waals surface area contributed by atoms with Crippen LogP contribution in [0.15, 0.2) is 43.0 Å². The maximum atomic E-state index is 12.7. The van der Waals surface area contributed by atoms with Crippen LogP contribution in [0, 0.1) is 0 Å². The van der Waals surface area contributed by atoms with Crippen molar-refractivity contribution in [3.63, 3.8) is 0 Å². The summed E-state index contributed by atoms with van der Waals surface area (Å²) < 4.78 is 12.7. The second-order valence-corrected chi connectivity index (χ2v) is 4.24. The van der Waals surface area contributed by atoms with Gasteiger partial charge in [0, 0.05) is 18.0 Å². The zero-order valence-corrected chi connectivity index (χ0v) is 10.6. The van der Waals surface area contributed by atoms with Gasteiger partial charge in [-0.25, -0.2) is 14.4 Å². The SMILES string of the molecule is CNC(CF)C(O)c1ccc(-c2cncnc2)cc1. The first-order valence-electron chi connectivity index (χ1n) is 6.03. The molecule has 2 atom stereocenters. The standard InChI is InChI=1S/C14H16FN3O/c1-16-13(6-15)14(19)11-4-2-10(3-5-11)12-7-17-9-18-8-12/h2-5,7-9,13-14,16,19H,6H2,1H3. The number of hydrogen-bond donors (Lipinski definition) is 2. The number of hydrogen-bond acceptors (Lipinski definition) is 4. The molecule has 2 N–H and O–H groups in total. The van der Waals surface area contributed by atoms with Crippen LogP contribution in [0.2, 0.25) is 0 Å². The van der Waals surface area contributed by atoms with E-state index in [1.165, 1.54) is 6.33 Å². The summed E-state index contributed by atoms with van der Waals surface area (Å²) in [4.78, 5) is 7.91. The van der Waals surface area contributed by atoms with Gasteiger partial charge >= 0.3 is 0 Å². The molecular formula is C14H16FN3O. The van der Waals surface area contributed by atoms with E-state index >= 15 is 0 Å². The molecule has 0 spiro atoms. The predicted molar refractivity (Wildman–Crippen MR) is 71.3 cm³/mol. The average Bonchev–Trinajstić information content (AvgIpc) is 2.49. The first-order valence-corrected chi connectivity index (χ1v) is 6.03. The van der Waals surface area contributed by atoms with Gasteiger partial charge in [-0.05, 0) is 18.2 Å². The van der Waals surface area contributed by atoms with Crippen LogP contribution in [-0.4, -0.2) is 34.8 Å². The van der Waals surface area contributed by atoms with Crippen molar-refractivity contribution in [2.75, 3.05) is 13.7 Å². The van der Waals surface area contributed by atoms with E-state index in [4.69, 9.17) is 0 Å². The predicted octanol–water partition coefficient (Wildman–Crippen LogP) is 1.73. The third-order valence-electron chi connectivity index (χ3n) is 3.06. The van der Waals surface area contributed by atoms with Crippen molar-refractivity contribution >= 4 is 0 Å². The van der Waals surface area contributed by atoms with Gasteiger partial charge in [-0.1, -0.05) is 24.3 Å². The number of aromatic nitrogens is 2. The lowest BCUT2D eigenvalue weighted by Crippen LogP contribution is -2.33. The van der Waals surface area contributed by atoms with Crippen molar-refractivity contribution in [3.8, 4) is 11.1 Å². The molecule has 0 saturated carbocycles. The van der Waals surface area contributed by atoms with Gasteiger partial charge in [0.1, 0.15) is 13.0 Å². The van der Waals surface area contributed by atoms with Crippen LogP contribution in [0.5, 0.6) is 0 Å². The normalized spacial score (nSPS) is 14.1. The summed E-state index contributed by atoms with van der Waals surface area (Å²) in [6, 6.07) is 6.70. The molecule has 1 aromatic carbocycles. The van der Waals surface area contributed by atoms with E-state index in [1.807, 2.05) is 12.1 Å². The van der Waals surface area contributed by atoms with Crippen molar-refractivity contribution in [2.45, 2.75) is 12.1 Å². The Morgan fingerprint density at radius 1 is 1.16 bits per heavy atom. The van der Waals surface area contributed by atoms with E-state index < -0.39 is 18.8 Å². The van der Waals surface area contributed by atoms with E-state index in [0.717, 1.165) is 11.1 Å². The smallest absolute Gasteiger partial charge is 0.115 e. The van der Waals surface area contributed by atoms with Crippen LogP contribution in [-0.2, 0) is 0 Å². The third kappa shape index (κ3) is 3.13. The van der Waals surface area contributed by atoms with E-state index in [-0.39, 0.29) is 0 Å². The van der Waals surface area contributed by atoms with Gasteiger partial charge in [-0.2, -0.15) is 0 Å². The fourth-order valence-electron chi connectivity index (χ4n) is 1.87. The minimum absolute atomic E-state index is 0.592. The minimum atomic E-state index is -0.865. The number of aliphatic hydroxyl groups excluding tert-OH is 1. The number of alkyl halides is 1. The van der Waals surface area contributed by atoms with Gasteiger partial charge in [0.25, 0.3) is 0 Å². The van der Waals surface area contributed by atoms with Gasteiger partial charge < -0.3 is 10.4 Å². The average molecular weight is 261 g/mol. The van der Waals surface area contributed by atoms with Crippen molar-refractivity contribution in [1.82, 2.24) is 15.3 Å². The first kappa shape index (κ1) is 13.6. The molecule has 4 nitrogen and oxygen atoms in total. The van der Waals surface area contributed by atoms with Crippen molar-refractivity contribution in [2.24, 2.45) is 0 Å². The molecule has 0 bridgehead atoms. The molecule has 0 fully saturated rings. The van der Waals surface area contributed by atoms with Crippen LogP contribution < -0.4 is 5.32 Å². The highest BCUT2D eigenvalue weighted by Crippen LogP contribution is 2.22. The number of aliphatic hydroxyl groups is 1. The maximum absolute atomic E-state index is 12.7. The maximum Gasteiger partial charge on any atom is 0.115 e. The molecule has 2 aromatic rings. The molecule has 2 rings (SSSR count). The highest BCUT2D eigenvalue weighted by atomic mass is 19.1. The largest absolute Gasteiger partial charge is 0.387 e. The lowest BCUT2D eigenvalue weighted by atomic mass is 10.00. The van der Waals surface area contributed by atoms with Crippen LogP contribution >= 0.6 is 0 Å². The number of halogens is 1. The number of benzene rings is 1. The second kappa shape index (κ2) is 6.36. The number of nitrogens with zero attached hydrogens (tertiary/aromatic N) is 2. The van der Waals surface area contributed by atoms with Gasteiger partial charge in [0.15, 0.2) is 0 Å². The van der Waals surface area contributed by atoms with Crippen LogP contribution in [0.1, 0.15) is 11.7 Å². The molecule has 0 radical (unpaired) electrons. The Hall–Kier alpha value is -1.85. The first-order chi connectivity index (χ1) is 9.26. The summed E-state index contributed by atoms with van der Waals surface area (Å²) >= 11 is 0. The summed E-state index contributed by atoms with van der Waals surface area (Å²) in [5.41, 5.74) is 2.54. The van der Waals surface area contributed by atoms with Crippen molar-refractivity contribution in [1.29, 1.82) is 0 Å². The quantitative estimate of drug-likeness (QED) is 0.860. The molecule has 1 heterocycles. The molecule has 100 valence electrons. The molecule has 2 unspecified atom stereocenters. The van der Waals surface area contributed by atoms with Gasteiger partial charge in [0.05, 0.1) is 12.1 Å². The molecule has 5 heteroatoms. The van der Waals surface area contributed by atoms with E-state index in [1.54, 1.807) is 31.6 Å². The van der Waals surface area contributed by atoms with E-state index in [2.05, 4.69) is 15.3 Å². The lowest BCUT2D eigenvalue weighted by Gasteiger charge is -2.19. The Bertz CT molecular complexity index is 500. The summed E-state index contributed by atoms with van der Waals surface area (Å²) in [6.07, 6.45) is 4.05. The summed E-state index contributed by atoms with van der Waals surface area (Å²) in [7, 11) is 1.63. The van der Waals surface area contributed by atoms with Crippen molar-refractivity contribution in [3.05, 3.63) is 48.5 Å². The highest BCUT2D eigenvalue weighted by Gasteiger charge is 2.18. The van der Waals surface area contributed by atoms with Crippen LogP contribution in [0.3, 0.4) is 0 Å². The summed E-state index contributed by atoms with van der Waals surface area (Å²) in [5.74, 6) is 0. The lowest BCUT2D eigenvalue weighted by molar-refractivity contribution is 0.117. The molecule has 19 heavy (non-hydrogen) atoms. The minimum Gasteiger partial charge on any atom is -0.387 e. The molecule has 0 amide bonds. The zero-order chi connectivity index (χ0) is 13.7. The van der Waals surface area contributed by atoms with E-state index in [9.17, 15) is 9.50 Å². The number of rotatable bonds is 5. The van der Waals surface area contributed by atoms with E-state index in [0.29, 0.717) is 5.56 Å². The second-order valence-electron chi connectivity index (χ2n) is 4.24. The van der Waals surface area contributed by atoms with Crippen LogP contribution in [0.4, 0.5) is 4.39 Å². The fraction of sp³-hybridized carbons (Fsp3) is 0.286. The van der Waals surface area contributed by atoms with Crippen LogP contribution in [0.25, 0.3) is 11.1 Å². The summed E-state index contributed by atoms with van der Waals surface area (Å²) in [5, 5.41) is 12.8. The molecule has 1 aromatic heterocycles. The third-order valence-corrected chi connectivity index (χ3v) is 3.06. The molecule has 0 saturated heterocycles. The topological polar surface area (TPSA) is 58.0 Å². The molecule has 0 aliphatic carbocycles. The van der Waals surface area contributed by atoms with Gasteiger partial charge in [-0.3, -0.25) is 0 Å². The summed E-state index contributed by atoms with van der Waals surface area (Å²) in [6.45, 7) is -0.619. The van der Waals surface area contributed by atoms with Gasteiger partial charge in [-0.15, -0.1) is 0 Å². The Morgan fingerprint density at radius 2 is 1.79 bits per heavy atom. The number of nitrogens with one attached hydrogen (secondary N) is 1. The Balaban J connectivity index is 2.19. The fourth-order valence-corrected chi connectivity index (χ4v) is 1.87. The monoisotopic (exact) mass is 261 g/mol. The number of likely N-dealkylation sites (N-methyl/N-ethyl adjacent to an activating group) is 1. The Labute approximate surface area is 111 Å². The Kier molecular flexibility index (Phi) is 4.54. The van der Waals surface area contributed by atoms with Gasteiger partial charge in [0.2, 0.25) is 0 Å². The van der Waals surface area contributed by atoms with Crippen molar-refractivity contribution < 1.29 is 9.50 Å². The molecular weight excluding hydrogens is 245 g/mol. The Morgan fingerprint density at radius 3 is 2.32 bits per heavy atom. The zero-order valence-electron chi connectivity index (χ0n) is 10.6. The highest BCUT2D eigenvalue weighted by molar-refractivity contribution is 5.61. The molecule has 0 aliphatic heterocycles. The molecule has 0 aliphatic rings.